The van der Waals surface area contributed by atoms with Crippen LogP contribution < -0.4 is 5.32 Å². The molecular formula is C17H37NOS. The highest BCUT2D eigenvalue weighted by Crippen LogP contribution is 2.40. The predicted octanol–water partition coefficient (Wildman–Crippen LogP) is 4.43. The summed E-state index contributed by atoms with van der Waals surface area (Å²) in [6, 6.07) is 0. The number of nitrogens with one attached hydrogen (secondary N) is 1. The number of hydrogen-bond acceptors (Lipinski definition) is 1. The normalized spacial score (nSPS) is 14.2. The van der Waals surface area contributed by atoms with Gasteiger partial charge >= 0.3 is 0 Å². The van der Waals surface area contributed by atoms with Gasteiger partial charge in [-0.1, -0.05) is 48.0 Å². The van der Waals surface area contributed by atoms with Crippen LogP contribution in [-0.2, 0) is 4.79 Å². The summed E-state index contributed by atoms with van der Waals surface area (Å²) in [7, 11) is -0.778. The molecule has 0 bridgehead atoms. The lowest BCUT2D eigenvalue weighted by atomic mass is 9.90. The smallest absolute Gasteiger partial charge is 0.228 e. The Morgan fingerprint density at radius 2 is 1.50 bits per heavy atom. The summed E-state index contributed by atoms with van der Waals surface area (Å²) in [4.78, 5) is 12.0. The van der Waals surface area contributed by atoms with Gasteiger partial charge < -0.3 is 5.32 Å². The van der Waals surface area contributed by atoms with Gasteiger partial charge in [-0.05, 0) is 41.9 Å². The maximum atomic E-state index is 12.0. The molecule has 0 rings (SSSR count). The molecule has 1 N–H and O–H groups in total. The van der Waals surface area contributed by atoms with Crippen molar-refractivity contribution >= 4 is 15.9 Å². The lowest BCUT2D eigenvalue weighted by Crippen LogP contribution is -2.35. The second-order valence-corrected chi connectivity index (χ2v) is 13.2. The number of hydrogen-bond donors (Lipinski definition) is 1. The molecule has 2 nitrogen and oxygen atoms in total. The third-order valence-electron chi connectivity index (χ3n) is 3.21. The van der Waals surface area contributed by atoms with Crippen molar-refractivity contribution in [2.45, 2.75) is 60.8 Å². The number of carbonyl (C=O) groups excluding carboxylic acids is 1. The molecule has 122 valence electrons. The topological polar surface area (TPSA) is 29.1 Å². The molecule has 3 heteroatoms. The highest BCUT2D eigenvalue weighted by atomic mass is 32.3. The lowest BCUT2D eigenvalue weighted by molar-refractivity contribution is -0.119. The Bertz CT molecular complexity index is 297. The Kier molecular flexibility index (Phi) is 7.65. The van der Waals surface area contributed by atoms with Gasteiger partial charge in [-0.15, -0.1) is 0 Å². The Morgan fingerprint density at radius 1 is 0.950 bits per heavy atom. The van der Waals surface area contributed by atoms with E-state index in [1.807, 2.05) is 0 Å². The average Bonchev–Trinajstić information content (AvgIpc) is 2.19. The van der Waals surface area contributed by atoms with E-state index in [-0.39, 0.29) is 11.3 Å². The molecule has 0 aliphatic rings. The second kappa shape index (κ2) is 7.72. The van der Waals surface area contributed by atoms with Crippen LogP contribution in [0.2, 0.25) is 0 Å². The highest BCUT2D eigenvalue weighted by Gasteiger charge is 2.19. The van der Waals surface area contributed by atoms with Crippen molar-refractivity contribution in [2.75, 3.05) is 30.6 Å². The summed E-state index contributed by atoms with van der Waals surface area (Å²) in [5.41, 5.74) is 0.603. The Hall–Kier alpha value is -0.180. The summed E-state index contributed by atoms with van der Waals surface area (Å²) in [5.74, 6) is 2.17. The molecule has 0 unspecified atom stereocenters. The number of amides is 1. The van der Waals surface area contributed by atoms with Gasteiger partial charge in [0.05, 0.1) is 5.75 Å². The molecule has 0 atom stereocenters. The van der Waals surface area contributed by atoms with E-state index in [0.717, 1.165) is 12.3 Å². The Balaban J connectivity index is 3.97. The minimum atomic E-state index is -0.778. The second-order valence-electron chi connectivity index (χ2n) is 8.97. The van der Waals surface area contributed by atoms with E-state index in [1.165, 1.54) is 25.0 Å². The van der Waals surface area contributed by atoms with Gasteiger partial charge in [0.15, 0.2) is 0 Å². The first-order valence-electron chi connectivity index (χ1n) is 7.76. The van der Waals surface area contributed by atoms with Crippen LogP contribution in [0.25, 0.3) is 0 Å². The molecule has 0 radical (unpaired) electrons. The quantitative estimate of drug-likeness (QED) is 0.693. The molecule has 0 fully saturated rings. The van der Waals surface area contributed by atoms with Gasteiger partial charge in [0.25, 0.3) is 0 Å². The molecule has 1 amide bonds. The maximum Gasteiger partial charge on any atom is 0.228 e. The molecule has 0 saturated carbocycles. The minimum Gasteiger partial charge on any atom is -0.355 e. The molecule has 0 spiro atoms. The summed E-state index contributed by atoms with van der Waals surface area (Å²) >= 11 is 0. The first-order chi connectivity index (χ1) is 8.81. The standard InChI is InChI=1S/C17H37NOS/c1-16(2,3)11-9-10-12-20(7,8)13-15(19)18-14-17(4,5)6/h9-14H2,1-8H3,(H,18,19). The van der Waals surface area contributed by atoms with Crippen LogP contribution in [0.1, 0.15) is 60.8 Å². The Morgan fingerprint density at radius 3 is 1.95 bits per heavy atom. The summed E-state index contributed by atoms with van der Waals surface area (Å²) in [5, 5.41) is 3.08. The SMILES string of the molecule is CC(C)(C)CCCCS(C)(C)CC(=O)NCC(C)(C)C. The van der Waals surface area contributed by atoms with Crippen LogP contribution in [0.3, 0.4) is 0 Å². The van der Waals surface area contributed by atoms with Crippen LogP contribution in [0.15, 0.2) is 0 Å². The summed E-state index contributed by atoms with van der Waals surface area (Å²) < 4.78 is 0. The van der Waals surface area contributed by atoms with Crippen LogP contribution in [-0.4, -0.2) is 36.5 Å². The maximum absolute atomic E-state index is 12.0. The summed E-state index contributed by atoms with van der Waals surface area (Å²) in [6.45, 7) is 14.1. The number of carbonyl (C=O) groups is 1. The van der Waals surface area contributed by atoms with Crippen LogP contribution in [0.5, 0.6) is 0 Å². The molecule has 0 aromatic carbocycles. The first-order valence-corrected chi connectivity index (χ1v) is 10.5. The molecule has 0 aliphatic carbocycles. The molecule has 0 aliphatic heterocycles. The zero-order chi connectivity index (χ0) is 16.0. The largest absolute Gasteiger partial charge is 0.355 e. The van der Waals surface area contributed by atoms with Gasteiger partial charge in [0.2, 0.25) is 5.91 Å². The zero-order valence-electron chi connectivity index (χ0n) is 15.1. The van der Waals surface area contributed by atoms with Gasteiger partial charge in [-0.25, -0.2) is 10.0 Å². The minimum absolute atomic E-state index is 0.168. The van der Waals surface area contributed by atoms with Crippen molar-refractivity contribution in [3.63, 3.8) is 0 Å². The average molecular weight is 304 g/mol. The lowest BCUT2D eigenvalue weighted by Gasteiger charge is -2.31. The molecular weight excluding hydrogens is 266 g/mol. The molecule has 0 aromatic rings. The van der Waals surface area contributed by atoms with E-state index in [0.29, 0.717) is 5.41 Å². The van der Waals surface area contributed by atoms with Gasteiger partial charge in [0, 0.05) is 6.54 Å². The molecule has 20 heavy (non-hydrogen) atoms. The highest BCUT2D eigenvalue weighted by molar-refractivity contribution is 8.33. The molecule has 0 saturated heterocycles. The molecule has 0 aromatic heterocycles. The van der Waals surface area contributed by atoms with Gasteiger partial charge in [-0.2, -0.15) is 0 Å². The van der Waals surface area contributed by atoms with E-state index in [4.69, 9.17) is 0 Å². The first kappa shape index (κ1) is 19.8. The van der Waals surface area contributed by atoms with Crippen molar-refractivity contribution in [3.05, 3.63) is 0 Å². The number of rotatable bonds is 7. The predicted molar refractivity (Wildman–Crippen MR) is 94.9 cm³/mol. The van der Waals surface area contributed by atoms with E-state index >= 15 is 0 Å². The fraction of sp³-hybridized carbons (Fsp3) is 0.941. The third kappa shape index (κ3) is 12.8. The number of unbranched alkanes of at least 4 members (excludes halogenated alkanes) is 1. The van der Waals surface area contributed by atoms with Gasteiger partial charge in [-0.3, -0.25) is 4.79 Å². The van der Waals surface area contributed by atoms with Crippen LogP contribution in [0.4, 0.5) is 0 Å². The van der Waals surface area contributed by atoms with Gasteiger partial charge in [0.1, 0.15) is 0 Å². The fourth-order valence-corrected chi connectivity index (χ4v) is 3.93. The van der Waals surface area contributed by atoms with E-state index in [2.05, 4.69) is 59.4 Å². The monoisotopic (exact) mass is 303 g/mol. The van der Waals surface area contributed by atoms with Crippen LogP contribution in [0, 0.1) is 10.8 Å². The van der Waals surface area contributed by atoms with Crippen molar-refractivity contribution < 1.29 is 4.79 Å². The van der Waals surface area contributed by atoms with Crippen molar-refractivity contribution in [2.24, 2.45) is 10.8 Å². The van der Waals surface area contributed by atoms with Crippen molar-refractivity contribution in [3.8, 4) is 0 Å². The Labute approximate surface area is 128 Å². The van der Waals surface area contributed by atoms with E-state index in [9.17, 15) is 4.79 Å². The van der Waals surface area contributed by atoms with Crippen molar-refractivity contribution in [1.82, 2.24) is 5.32 Å². The molecule has 0 heterocycles. The summed E-state index contributed by atoms with van der Waals surface area (Å²) in [6.07, 6.45) is 8.40. The van der Waals surface area contributed by atoms with Crippen LogP contribution >= 0.6 is 10.0 Å². The van der Waals surface area contributed by atoms with Crippen molar-refractivity contribution in [1.29, 1.82) is 0 Å². The third-order valence-corrected chi connectivity index (χ3v) is 5.65. The zero-order valence-corrected chi connectivity index (χ0v) is 15.9. The fourth-order valence-electron chi connectivity index (χ4n) is 1.99. The van der Waals surface area contributed by atoms with E-state index < -0.39 is 10.0 Å². The van der Waals surface area contributed by atoms with E-state index in [1.54, 1.807) is 0 Å².